The molecule has 4 N–H and O–H groups in total. The van der Waals surface area contributed by atoms with Crippen LogP contribution in [0.25, 0.3) is 17.0 Å². The first kappa shape index (κ1) is 17.3. The van der Waals surface area contributed by atoms with E-state index in [1.54, 1.807) is 24.4 Å². The second-order valence-corrected chi connectivity index (χ2v) is 5.89. The number of H-pyrrole nitrogens is 1. The van der Waals surface area contributed by atoms with E-state index in [1.165, 1.54) is 18.2 Å². The van der Waals surface area contributed by atoms with Gasteiger partial charge in [-0.2, -0.15) is 0 Å². The molecule has 3 aromatic rings. The van der Waals surface area contributed by atoms with E-state index in [2.05, 4.69) is 10.3 Å². The number of phenols is 1. The van der Waals surface area contributed by atoms with Gasteiger partial charge in [-0.25, -0.2) is 4.79 Å². The van der Waals surface area contributed by atoms with Gasteiger partial charge in [-0.1, -0.05) is 30.3 Å². The van der Waals surface area contributed by atoms with Crippen LogP contribution in [0.3, 0.4) is 0 Å². The number of aromatic amines is 1. The Labute approximate surface area is 149 Å². The Morgan fingerprint density at radius 1 is 1.12 bits per heavy atom. The number of carboxylic acid groups (broad SMARTS) is 1. The zero-order valence-corrected chi connectivity index (χ0v) is 13.8. The number of aliphatic carboxylic acids is 1. The van der Waals surface area contributed by atoms with Gasteiger partial charge in [0.2, 0.25) is 5.91 Å². The molecule has 0 radical (unpaired) electrons. The smallest absolute Gasteiger partial charge is 0.326 e. The van der Waals surface area contributed by atoms with Crippen LogP contribution in [0, 0.1) is 0 Å². The second kappa shape index (κ2) is 7.57. The van der Waals surface area contributed by atoms with Crippen LogP contribution in [0.15, 0.2) is 60.8 Å². The number of hydrogen-bond acceptors (Lipinski definition) is 3. The number of carboxylic acids is 1. The van der Waals surface area contributed by atoms with Gasteiger partial charge in [0, 0.05) is 29.6 Å². The van der Waals surface area contributed by atoms with E-state index in [0.29, 0.717) is 0 Å². The molecule has 0 saturated carbocycles. The summed E-state index contributed by atoms with van der Waals surface area (Å²) in [5.74, 6) is -1.46. The van der Waals surface area contributed by atoms with Crippen molar-refractivity contribution in [2.75, 3.05) is 0 Å². The van der Waals surface area contributed by atoms with Crippen LogP contribution < -0.4 is 5.32 Å². The topological polar surface area (TPSA) is 102 Å². The van der Waals surface area contributed by atoms with Crippen LogP contribution in [-0.2, 0) is 16.0 Å². The van der Waals surface area contributed by atoms with Crippen molar-refractivity contribution in [3.05, 3.63) is 71.9 Å². The lowest BCUT2D eigenvalue weighted by Crippen LogP contribution is -2.41. The average molecular weight is 350 g/mol. The summed E-state index contributed by atoms with van der Waals surface area (Å²) in [6.07, 6.45) is 4.77. The number of carbonyl (C=O) groups is 2. The molecule has 0 fully saturated rings. The maximum Gasteiger partial charge on any atom is 0.326 e. The van der Waals surface area contributed by atoms with Crippen molar-refractivity contribution in [1.29, 1.82) is 0 Å². The molecular formula is C20H18N2O4. The third-order valence-electron chi connectivity index (χ3n) is 4.03. The number of hydrogen-bond donors (Lipinski definition) is 4. The Bertz CT molecular complexity index is 957. The molecule has 1 unspecified atom stereocenters. The van der Waals surface area contributed by atoms with E-state index in [-0.39, 0.29) is 12.2 Å². The molecule has 26 heavy (non-hydrogen) atoms. The standard InChI is InChI=1S/C20H18N2O4/c23-15-8-5-13(6-9-15)7-10-19(24)22-18(20(25)26)11-14-12-21-17-4-2-1-3-16(14)17/h1-10,12,18,21,23H,11H2,(H,22,24)(H,25,26)/b10-7+. The number of fused-ring (bicyclic) bond motifs is 1. The minimum absolute atomic E-state index is 0.135. The number of phenolic OH excluding ortho intramolecular Hbond substituents is 1. The summed E-state index contributed by atoms with van der Waals surface area (Å²) in [4.78, 5) is 26.7. The minimum Gasteiger partial charge on any atom is -0.508 e. The highest BCUT2D eigenvalue weighted by molar-refractivity contribution is 5.94. The summed E-state index contributed by atoms with van der Waals surface area (Å²) in [5.41, 5.74) is 2.47. The summed E-state index contributed by atoms with van der Waals surface area (Å²) in [5, 5.41) is 22.1. The van der Waals surface area contributed by atoms with Crippen molar-refractivity contribution in [2.24, 2.45) is 0 Å². The fraction of sp³-hybridized carbons (Fsp3) is 0.100. The fourth-order valence-electron chi connectivity index (χ4n) is 2.70. The van der Waals surface area contributed by atoms with E-state index < -0.39 is 17.9 Å². The number of nitrogens with one attached hydrogen (secondary N) is 2. The van der Waals surface area contributed by atoms with Crippen molar-refractivity contribution in [2.45, 2.75) is 12.5 Å². The van der Waals surface area contributed by atoms with Crippen LogP contribution in [0.2, 0.25) is 0 Å². The van der Waals surface area contributed by atoms with E-state index in [1.807, 2.05) is 24.3 Å². The predicted molar refractivity (Wildman–Crippen MR) is 98.7 cm³/mol. The zero-order chi connectivity index (χ0) is 18.5. The Balaban J connectivity index is 1.69. The molecular weight excluding hydrogens is 332 g/mol. The second-order valence-electron chi connectivity index (χ2n) is 5.89. The predicted octanol–water partition coefficient (Wildman–Crippen LogP) is 2.70. The van der Waals surface area contributed by atoms with Crippen molar-refractivity contribution < 1.29 is 19.8 Å². The Morgan fingerprint density at radius 3 is 2.58 bits per heavy atom. The van der Waals surface area contributed by atoms with Crippen LogP contribution in [0.1, 0.15) is 11.1 Å². The van der Waals surface area contributed by atoms with Crippen LogP contribution >= 0.6 is 0 Å². The SMILES string of the molecule is O=C(/C=C/c1ccc(O)cc1)NC(Cc1c[nH]c2ccccc12)C(=O)O. The third kappa shape index (κ3) is 4.10. The number of aromatic hydroxyl groups is 1. The van der Waals surface area contributed by atoms with Crippen molar-refractivity contribution in [3.63, 3.8) is 0 Å². The largest absolute Gasteiger partial charge is 0.508 e. The van der Waals surface area contributed by atoms with Crippen molar-refractivity contribution in [3.8, 4) is 5.75 Å². The highest BCUT2D eigenvalue weighted by atomic mass is 16.4. The van der Waals surface area contributed by atoms with Crippen molar-refractivity contribution in [1.82, 2.24) is 10.3 Å². The molecule has 0 saturated heterocycles. The van der Waals surface area contributed by atoms with Gasteiger partial charge in [0.25, 0.3) is 0 Å². The molecule has 2 aromatic carbocycles. The van der Waals surface area contributed by atoms with Gasteiger partial charge in [-0.3, -0.25) is 4.79 Å². The quantitative estimate of drug-likeness (QED) is 0.513. The summed E-state index contributed by atoms with van der Waals surface area (Å²) >= 11 is 0. The number of para-hydroxylation sites is 1. The lowest BCUT2D eigenvalue weighted by atomic mass is 10.0. The lowest BCUT2D eigenvalue weighted by Gasteiger charge is -2.12. The zero-order valence-electron chi connectivity index (χ0n) is 13.8. The van der Waals surface area contributed by atoms with Gasteiger partial charge in [0.1, 0.15) is 11.8 Å². The number of amides is 1. The molecule has 3 rings (SSSR count). The summed E-state index contributed by atoms with van der Waals surface area (Å²) < 4.78 is 0. The molecule has 0 aliphatic rings. The molecule has 6 heteroatoms. The summed E-state index contributed by atoms with van der Waals surface area (Å²) in [6.45, 7) is 0. The Morgan fingerprint density at radius 2 is 1.85 bits per heavy atom. The molecule has 132 valence electrons. The molecule has 0 spiro atoms. The van der Waals surface area contributed by atoms with Crippen LogP contribution in [0.5, 0.6) is 5.75 Å². The Hall–Kier alpha value is -3.54. The fourth-order valence-corrected chi connectivity index (χ4v) is 2.70. The van der Waals surface area contributed by atoms with Gasteiger partial charge in [0.05, 0.1) is 0 Å². The van der Waals surface area contributed by atoms with Crippen LogP contribution in [-0.4, -0.2) is 33.1 Å². The molecule has 0 aliphatic heterocycles. The number of carbonyl (C=O) groups excluding carboxylic acids is 1. The van der Waals surface area contributed by atoms with Crippen LogP contribution in [0.4, 0.5) is 0 Å². The van der Waals surface area contributed by atoms with Crippen molar-refractivity contribution >= 4 is 28.9 Å². The molecule has 1 aromatic heterocycles. The molecule has 6 nitrogen and oxygen atoms in total. The van der Waals surface area contributed by atoms with E-state index >= 15 is 0 Å². The first-order valence-corrected chi connectivity index (χ1v) is 8.08. The first-order valence-electron chi connectivity index (χ1n) is 8.08. The number of rotatable bonds is 6. The van der Waals surface area contributed by atoms with E-state index in [9.17, 15) is 19.8 Å². The maximum absolute atomic E-state index is 12.1. The summed E-state index contributed by atoms with van der Waals surface area (Å²) in [7, 11) is 0. The third-order valence-corrected chi connectivity index (χ3v) is 4.03. The van der Waals surface area contributed by atoms with E-state index in [0.717, 1.165) is 22.0 Å². The van der Waals surface area contributed by atoms with Gasteiger partial charge < -0.3 is 20.5 Å². The number of aromatic nitrogens is 1. The normalized spacial score (nSPS) is 12.3. The average Bonchev–Trinajstić information content (AvgIpc) is 3.04. The molecule has 1 amide bonds. The molecule has 0 bridgehead atoms. The molecule has 0 aliphatic carbocycles. The van der Waals surface area contributed by atoms with Gasteiger partial charge in [-0.15, -0.1) is 0 Å². The highest BCUT2D eigenvalue weighted by Crippen LogP contribution is 2.19. The van der Waals surface area contributed by atoms with E-state index in [4.69, 9.17) is 0 Å². The number of benzene rings is 2. The first-order chi connectivity index (χ1) is 12.5. The Kier molecular flexibility index (Phi) is 5.03. The lowest BCUT2D eigenvalue weighted by molar-refractivity contribution is -0.141. The minimum atomic E-state index is -1.10. The van der Waals surface area contributed by atoms with Gasteiger partial charge in [0.15, 0.2) is 0 Å². The monoisotopic (exact) mass is 350 g/mol. The molecule has 1 heterocycles. The van der Waals surface area contributed by atoms with Gasteiger partial charge in [-0.05, 0) is 35.4 Å². The highest BCUT2D eigenvalue weighted by Gasteiger charge is 2.21. The summed E-state index contributed by atoms with van der Waals surface area (Å²) in [6, 6.07) is 12.9. The van der Waals surface area contributed by atoms with Gasteiger partial charge >= 0.3 is 5.97 Å². The molecule has 1 atom stereocenters. The maximum atomic E-state index is 12.1.